The van der Waals surface area contributed by atoms with Crippen LogP contribution >= 0.6 is 0 Å². The Kier molecular flexibility index (Phi) is 3.00. The molecule has 0 unspecified atom stereocenters. The molecule has 0 N–H and O–H groups in total. The summed E-state index contributed by atoms with van der Waals surface area (Å²) in [4.78, 5) is 0. The van der Waals surface area contributed by atoms with Gasteiger partial charge in [-0.1, -0.05) is 72.8 Å². The molecule has 1 nitrogen and oxygen atoms in total. The van der Waals surface area contributed by atoms with Gasteiger partial charge in [-0.05, 0) is 86.7 Å². The van der Waals surface area contributed by atoms with E-state index in [1.807, 2.05) is 0 Å². The summed E-state index contributed by atoms with van der Waals surface area (Å²) >= 11 is 0. The Morgan fingerprint density at radius 2 is 1.09 bits per heavy atom. The lowest BCUT2D eigenvalue weighted by molar-refractivity contribution is 1.04. The summed E-state index contributed by atoms with van der Waals surface area (Å²) in [7, 11) is 0. The zero-order valence-electron chi connectivity index (χ0n) is 18.7. The van der Waals surface area contributed by atoms with E-state index in [4.69, 9.17) is 0 Å². The maximum Gasteiger partial charge on any atom is 0.0576 e. The topological polar surface area (TPSA) is 4.93 Å². The van der Waals surface area contributed by atoms with E-state index < -0.39 is 0 Å². The highest BCUT2D eigenvalue weighted by atomic mass is 15.0. The molecular weight excluding hydrogens is 410 g/mol. The normalized spacial score (nSPS) is 14.1. The summed E-state index contributed by atoms with van der Waals surface area (Å²) in [6, 6.07) is 34.6. The molecule has 0 atom stereocenters. The van der Waals surface area contributed by atoms with E-state index in [1.54, 1.807) is 0 Å². The first-order valence-corrected chi connectivity index (χ1v) is 12.3. The smallest absolute Gasteiger partial charge is 0.0576 e. The third-order valence-electron chi connectivity index (χ3n) is 8.40. The van der Waals surface area contributed by atoms with Crippen LogP contribution in [-0.2, 0) is 19.3 Å². The van der Waals surface area contributed by atoms with Crippen LogP contribution in [0.5, 0.6) is 0 Å². The first-order chi connectivity index (χ1) is 16.8. The average molecular weight is 432 g/mol. The lowest BCUT2D eigenvalue weighted by Gasteiger charge is -2.22. The molecule has 0 bridgehead atoms. The van der Waals surface area contributed by atoms with E-state index in [-0.39, 0.29) is 0 Å². The molecule has 5 aromatic carbocycles. The molecule has 0 saturated carbocycles. The number of para-hydroxylation sites is 1. The number of fused-ring (bicyclic) bond motifs is 11. The first kappa shape index (κ1) is 17.4. The molecule has 0 fully saturated rings. The van der Waals surface area contributed by atoms with Crippen LogP contribution < -0.4 is 0 Å². The Hall–Kier alpha value is -4.10. The van der Waals surface area contributed by atoms with Crippen LogP contribution in [0, 0.1) is 0 Å². The molecule has 1 aromatic heterocycles. The lowest BCUT2D eigenvalue weighted by atomic mass is 9.93. The zero-order valence-corrected chi connectivity index (χ0v) is 18.7. The van der Waals surface area contributed by atoms with Crippen molar-refractivity contribution in [2.24, 2.45) is 0 Å². The predicted molar refractivity (Wildman–Crippen MR) is 140 cm³/mol. The third-order valence-corrected chi connectivity index (χ3v) is 8.40. The van der Waals surface area contributed by atoms with E-state index in [0.29, 0.717) is 0 Å². The molecule has 0 amide bonds. The molecule has 158 valence electrons. The highest BCUT2D eigenvalue weighted by Crippen LogP contribution is 2.47. The fourth-order valence-corrected chi connectivity index (χ4v) is 6.94. The van der Waals surface area contributed by atoms with E-state index in [9.17, 15) is 0 Å². The average Bonchev–Trinajstić information content (AvgIpc) is 3.52. The van der Waals surface area contributed by atoms with Crippen molar-refractivity contribution in [3.05, 3.63) is 124 Å². The summed E-state index contributed by atoms with van der Waals surface area (Å²) in [6.07, 6.45) is 3.09. The minimum Gasteiger partial charge on any atom is -0.309 e. The van der Waals surface area contributed by atoms with Gasteiger partial charge < -0.3 is 4.57 Å². The number of hydrogen-bond acceptors (Lipinski definition) is 0. The first-order valence-electron chi connectivity index (χ1n) is 12.3. The Labute approximate surface area is 197 Å². The van der Waals surface area contributed by atoms with Gasteiger partial charge in [-0.3, -0.25) is 0 Å². The zero-order chi connectivity index (χ0) is 22.0. The monoisotopic (exact) mass is 431 g/mol. The number of aromatic nitrogens is 1. The van der Waals surface area contributed by atoms with E-state index in [2.05, 4.69) is 95.6 Å². The molecule has 0 saturated heterocycles. The molecular formula is C33H21N. The summed E-state index contributed by atoms with van der Waals surface area (Å²) in [6.45, 7) is 0. The molecule has 0 radical (unpaired) electrons. The Morgan fingerprint density at radius 1 is 0.441 bits per heavy atom. The van der Waals surface area contributed by atoms with Crippen LogP contribution in [-0.4, -0.2) is 4.57 Å². The fraction of sp³-hybridized carbons (Fsp3) is 0.0909. The second-order valence-electron chi connectivity index (χ2n) is 10.2. The number of hydrogen-bond donors (Lipinski definition) is 0. The summed E-state index contributed by atoms with van der Waals surface area (Å²) in [5.74, 6) is 0. The van der Waals surface area contributed by atoms with Crippen molar-refractivity contribution in [3.8, 4) is 27.9 Å². The van der Waals surface area contributed by atoms with Crippen LogP contribution in [0.25, 0.3) is 49.7 Å². The van der Waals surface area contributed by atoms with Crippen molar-refractivity contribution in [2.45, 2.75) is 19.3 Å². The molecule has 2 aliphatic carbocycles. The Morgan fingerprint density at radius 3 is 1.88 bits per heavy atom. The SMILES string of the molecule is c1ccc2c(c1)Cc1cc3c(cc1-2)-n1c2cc4c(cc2c2cccc(c21)C3)Cc1ccccc1-4. The molecule has 34 heavy (non-hydrogen) atoms. The van der Waals surface area contributed by atoms with Crippen molar-refractivity contribution < 1.29 is 0 Å². The van der Waals surface area contributed by atoms with Crippen LogP contribution in [0.4, 0.5) is 0 Å². The Bertz CT molecular complexity index is 1880. The van der Waals surface area contributed by atoms with Crippen molar-refractivity contribution in [1.82, 2.24) is 4.57 Å². The van der Waals surface area contributed by atoms with Gasteiger partial charge in [0, 0.05) is 17.2 Å². The van der Waals surface area contributed by atoms with Crippen LogP contribution in [0.2, 0.25) is 0 Å². The maximum atomic E-state index is 2.57. The largest absolute Gasteiger partial charge is 0.309 e. The van der Waals surface area contributed by atoms with E-state index in [0.717, 1.165) is 19.3 Å². The standard InChI is InChI=1S/C33H21N/c1-3-9-25-19(6-1)12-22-15-24-14-21-8-5-11-27-30-16-23-13-20-7-2-4-10-26(20)29(23)18-32(30)34(33(21)27)31(24)17-28(22)25/h1-11,15-18H,12-14H2. The summed E-state index contributed by atoms with van der Waals surface area (Å²) < 4.78 is 2.57. The molecule has 0 spiro atoms. The maximum absolute atomic E-state index is 2.57. The highest BCUT2D eigenvalue weighted by molar-refractivity contribution is 6.13. The number of benzene rings is 5. The predicted octanol–water partition coefficient (Wildman–Crippen LogP) is 7.83. The van der Waals surface area contributed by atoms with E-state index >= 15 is 0 Å². The molecule has 3 aliphatic rings. The highest BCUT2D eigenvalue weighted by Gasteiger charge is 2.28. The van der Waals surface area contributed by atoms with Crippen LogP contribution in [0.3, 0.4) is 0 Å². The van der Waals surface area contributed by atoms with Gasteiger partial charge in [-0.2, -0.15) is 0 Å². The van der Waals surface area contributed by atoms with Gasteiger partial charge in [0.05, 0.1) is 16.7 Å². The number of rotatable bonds is 0. The van der Waals surface area contributed by atoms with Crippen molar-refractivity contribution in [3.63, 3.8) is 0 Å². The number of nitrogens with zero attached hydrogens (tertiary/aromatic N) is 1. The third kappa shape index (κ3) is 2.02. The second-order valence-corrected chi connectivity index (χ2v) is 10.2. The van der Waals surface area contributed by atoms with Gasteiger partial charge in [-0.15, -0.1) is 0 Å². The van der Waals surface area contributed by atoms with Gasteiger partial charge >= 0.3 is 0 Å². The van der Waals surface area contributed by atoms with Crippen molar-refractivity contribution in [2.75, 3.05) is 0 Å². The van der Waals surface area contributed by atoms with Gasteiger partial charge in [0.25, 0.3) is 0 Å². The second kappa shape index (κ2) is 5.87. The molecule has 9 rings (SSSR count). The van der Waals surface area contributed by atoms with Gasteiger partial charge in [0.1, 0.15) is 0 Å². The summed E-state index contributed by atoms with van der Waals surface area (Å²) in [5, 5.41) is 2.77. The quantitative estimate of drug-likeness (QED) is 0.231. The minimum absolute atomic E-state index is 1.01. The van der Waals surface area contributed by atoms with Crippen molar-refractivity contribution in [1.29, 1.82) is 0 Å². The lowest BCUT2D eigenvalue weighted by Crippen LogP contribution is -2.08. The Balaban J connectivity index is 1.40. The van der Waals surface area contributed by atoms with Crippen LogP contribution in [0.1, 0.15) is 33.4 Å². The van der Waals surface area contributed by atoms with Gasteiger partial charge in [-0.25, -0.2) is 0 Å². The molecule has 2 heterocycles. The van der Waals surface area contributed by atoms with E-state index in [1.165, 1.54) is 83.1 Å². The molecule has 6 aromatic rings. The van der Waals surface area contributed by atoms with Gasteiger partial charge in [0.15, 0.2) is 0 Å². The van der Waals surface area contributed by atoms with Crippen LogP contribution in [0.15, 0.2) is 91.0 Å². The molecule has 1 aliphatic heterocycles. The van der Waals surface area contributed by atoms with Gasteiger partial charge in [0.2, 0.25) is 0 Å². The van der Waals surface area contributed by atoms with Crippen molar-refractivity contribution >= 4 is 21.8 Å². The minimum atomic E-state index is 1.01. The molecule has 1 heteroatoms. The summed E-state index contributed by atoms with van der Waals surface area (Å²) in [5.41, 5.74) is 18.4. The fourth-order valence-electron chi connectivity index (χ4n) is 6.94.